The van der Waals surface area contributed by atoms with Gasteiger partial charge in [-0.15, -0.1) is 0 Å². The Balaban J connectivity index is 2.05. The zero-order chi connectivity index (χ0) is 16.2. The van der Waals surface area contributed by atoms with E-state index in [0.717, 1.165) is 5.56 Å². The molecule has 116 valence electrons. The summed E-state index contributed by atoms with van der Waals surface area (Å²) in [4.78, 5) is 12.1. The number of nitrogens with two attached hydrogens (primary N) is 1. The van der Waals surface area contributed by atoms with Gasteiger partial charge in [-0.05, 0) is 44.5 Å². The summed E-state index contributed by atoms with van der Waals surface area (Å²) in [6.07, 6.45) is 0. The number of hydrogen-bond donors (Lipinski definition) is 2. The molecule has 0 saturated heterocycles. The molecule has 0 aliphatic heterocycles. The van der Waals surface area contributed by atoms with Crippen molar-refractivity contribution in [3.63, 3.8) is 0 Å². The van der Waals surface area contributed by atoms with Crippen LogP contribution in [-0.2, 0) is 6.61 Å². The van der Waals surface area contributed by atoms with Gasteiger partial charge in [-0.25, -0.2) is 0 Å². The minimum Gasteiger partial charge on any atom is -0.487 e. The highest BCUT2D eigenvalue weighted by molar-refractivity contribution is 5.95. The van der Waals surface area contributed by atoms with Crippen LogP contribution in [0.3, 0.4) is 0 Å². The first-order valence-electron chi connectivity index (χ1n) is 7.24. The van der Waals surface area contributed by atoms with Gasteiger partial charge in [0.15, 0.2) is 0 Å². The van der Waals surface area contributed by atoms with Gasteiger partial charge in [-0.2, -0.15) is 0 Å². The molecular weight excluding hydrogens is 276 g/mol. The second-order valence-corrected chi connectivity index (χ2v) is 6.23. The Labute approximate surface area is 131 Å². The Hall–Kier alpha value is -2.49. The Kier molecular flexibility index (Phi) is 4.71. The molecule has 0 unspecified atom stereocenters. The van der Waals surface area contributed by atoms with E-state index in [9.17, 15) is 4.79 Å². The zero-order valence-corrected chi connectivity index (χ0v) is 13.2. The summed E-state index contributed by atoms with van der Waals surface area (Å²) in [5, 5.41) is 2.90. The normalized spacial score (nSPS) is 11.0. The van der Waals surface area contributed by atoms with Crippen LogP contribution in [0.25, 0.3) is 0 Å². The monoisotopic (exact) mass is 298 g/mol. The molecule has 0 atom stereocenters. The van der Waals surface area contributed by atoms with Gasteiger partial charge in [0.2, 0.25) is 0 Å². The average molecular weight is 298 g/mol. The summed E-state index contributed by atoms with van der Waals surface area (Å²) in [6, 6.07) is 14.9. The number of benzene rings is 2. The van der Waals surface area contributed by atoms with Crippen LogP contribution in [0.15, 0.2) is 48.5 Å². The molecule has 0 aliphatic rings. The number of anilines is 1. The van der Waals surface area contributed by atoms with Crippen molar-refractivity contribution in [2.75, 3.05) is 5.73 Å². The van der Waals surface area contributed by atoms with E-state index in [-0.39, 0.29) is 11.4 Å². The lowest BCUT2D eigenvalue weighted by atomic mass is 10.1. The summed E-state index contributed by atoms with van der Waals surface area (Å²) >= 11 is 0. The van der Waals surface area contributed by atoms with E-state index >= 15 is 0 Å². The van der Waals surface area contributed by atoms with E-state index < -0.39 is 0 Å². The molecule has 2 aromatic rings. The topological polar surface area (TPSA) is 64.3 Å². The van der Waals surface area contributed by atoms with E-state index in [1.165, 1.54) is 0 Å². The maximum Gasteiger partial charge on any atom is 0.251 e. The van der Waals surface area contributed by atoms with Crippen LogP contribution in [0.5, 0.6) is 5.75 Å². The van der Waals surface area contributed by atoms with Crippen molar-refractivity contribution in [3.8, 4) is 5.75 Å². The fraction of sp³-hybridized carbons (Fsp3) is 0.278. The van der Waals surface area contributed by atoms with Crippen molar-refractivity contribution in [2.45, 2.75) is 32.9 Å². The van der Waals surface area contributed by atoms with Crippen LogP contribution in [0, 0.1) is 0 Å². The third-order valence-corrected chi connectivity index (χ3v) is 3.00. The van der Waals surface area contributed by atoms with Gasteiger partial charge in [0, 0.05) is 11.1 Å². The first-order valence-corrected chi connectivity index (χ1v) is 7.24. The molecule has 2 rings (SSSR count). The van der Waals surface area contributed by atoms with E-state index in [2.05, 4.69) is 5.32 Å². The molecule has 0 bridgehead atoms. The Bertz CT molecular complexity index is 646. The molecule has 0 radical (unpaired) electrons. The molecule has 0 heterocycles. The predicted molar refractivity (Wildman–Crippen MR) is 88.8 cm³/mol. The van der Waals surface area contributed by atoms with E-state index in [0.29, 0.717) is 23.6 Å². The molecule has 4 heteroatoms. The fourth-order valence-corrected chi connectivity index (χ4v) is 1.97. The molecule has 2 aromatic carbocycles. The molecule has 4 nitrogen and oxygen atoms in total. The molecule has 1 amide bonds. The van der Waals surface area contributed by atoms with E-state index in [1.54, 1.807) is 18.2 Å². The van der Waals surface area contributed by atoms with Crippen molar-refractivity contribution >= 4 is 11.6 Å². The van der Waals surface area contributed by atoms with Crippen LogP contribution >= 0.6 is 0 Å². The van der Waals surface area contributed by atoms with Crippen LogP contribution in [-0.4, -0.2) is 11.4 Å². The summed E-state index contributed by atoms with van der Waals surface area (Å²) in [6.45, 7) is 6.25. The smallest absolute Gasteiger partial charge is 0.251 e. The summed E-state index contributed by atoms with van der Waals surface area (Å²) in [7, 11) is 0. The van der Waals surface area contributed by atoms with Crippen molar-refractivity contribution in [3.05, 3.63) is 59.7 Å². The molecule has 22 heavy (non-hydrogen) atoms. The van der Waals surface area contributed by atoms with Crippen LogP contribution in [0.2, 0.25) is 0 Å². The number of carbonyl (C=O) groups excluding carboxylic acids is 1. The number of rotatable bonds is 4. The molecule has 0 aliphatic carbocycles. The van der Waals surface area contributed by atoms with Gasteiger partial charge in [0.25, 0.3) is 5.91 Å². The zero-order valence-electron chi connectivity index (χ0n) is 13.2. The van der Waals surface area contributed by atoms with Crippen LogP contribution < -0.4 is 15.8 Å². The molecular formula is C18H22N2O2. The summed E-state index contributed by atoms with van der Waals surface area (Å²) < 4.78 is 5.70. The van der Waals surface area contributed by atoms with Gasteiger partial charge in [0.05, 0.1) is 5.69 Å². The van der Waals surface area contributed by atoms with Crippen molar-refractivity contribution in [1.29, 1.82) is 0 Å². The predicted octanol–water partition coefficient (Wildman–Crippen LogP) is 3.38. The average Bonchev–Trinajstić information content (AvgIpc) is 2.45. The minimum absolute atomic E-state index is 0.145. The Morgan fingerprint density at radius 3 is 2.41 bits per heavy atom. The number of nitrogens with one attached hydrogen (secondary N) is 1. The lowest BCUT2D eigenvalue weighted by Gasteiger charge is -2.20. The number of nitrogen functional groups attached to an aromatic ring is 1. The van der Waals surface area contributed by atoms with E-state index in [4.69, 9.17) is 10.5 Å². The van der Waals surface area contributed by atoms with Gasteiger partial charge < -0.3 is 15.8 Å². The van der Waals surface area contributed by atoms with Gasteiger partial charge in [-0.3, -0.25) is 4.79 Å². The highest BCUT2D eigenvalue weighted by Crippen LogP contribution is 2.24. The molecule has 0 aromatic heterocycles. The lowest BCUT2D eigenvalue weighted by Crippen LogP contribution is -2.40. The number of carbonyl (C=O) groups is 1. The fourth-order valence-electron chi connectivity index (χ4n) is 1.97. The maximum atomic E-state index is 12.1. The Morgan fingerprint density at radius 2 is 1.82 bits per heavy atom. The number of ether oxygens (including phenoxy) is 1. The standard InChI is InChI=1S/C18H22N2O2/c1-18(2,3)20-17(21)14-9-10-16(15(19)11-14)22-12-13-7-5-4-6-8-13/h4-11H,12,19H2,1-3H3,(H,20,21). The molecule has 0 spiro atoms. The van der Waals surface area contributed by atoms with E-state index in [1.807, 2.05) is 51.1 Å². The largest absolute Gasteiger partial charge is 0.487 e. The molecule has 0 saturated carbocycles. The lowest BCUT2D eigenvalue weighted by molar-refractivity contribution is 0.0919. The molecule has 3 N–H and O–H groups in total. The first-order chi connectivity index (χ1) is 10.3. The number of hydrogen-bond acceptors (Lipinski definition) is 3. The third-order valence-electron chi connectivity index (χ3n) is 3.00. The summed E-state index contributed by atoms with van der Waals surface area (Å²) in [5.41, 5.74) is 7.75. The van der Waals surface area contributed by atoms with Gasteiger partial charge in [0.1, 0.15) is 12.4 Å². The second kappa shape index (κ2) is 6.52. The first kappa shape index (κ1) is 15.9. The quantitative estimate of drug-likeness (QED) is 0.851. The summed E-state index contributed by atoms with van der Waals surface area (Å²) in [5.74, 6) is 0.435. The Morgan fingerprint density at radius 1 is 1.14 bits per heavy atom. The van der Waals surface area contributed by atoms with Crippen molar-refractivity contribution in [2.24, 2.45) is 0 Å². The SMILES string of the molecule is CC(C)(C)NC(=O)c1ccc(OCc2ccccc2)c(N)c1. The molecule has 0 fully saturated rings. The minimum atomic E-state index is -0.283. The van der Waals surface area contributed by atoms with Crippen LogP contribution in [0.4, 0.5) is 5.69 Å². The van der Waals surface area contributed by atoms with Gasteiger partial charge >= 0.3 is 0 Å². The number of amides is 1. The van der Waals surface area contributed by atoms with Crippen molar-refractivity contribution in [1.82, 2.24) is 5.32 Å². The highest BCUT2D eigenvalue weighted by Gasteiger charge is 2.16. The highest BCUT2D eigenvalue weighted by atomic mass is 16.5. The second-order valence-electron chi connectivity index (χ2n) is 6.23. The maximum absolute atomic E-state index is 12.1. The van der Waals surface area contributed by atoms with Crippen LogP contribution in [0.1, 0.15) is 36.7 Å². The third kappa shape index (κ3) is 4.52. The van der Waals surface area contributed by atoms with Gasteiger partial charge in [-0.1, -0.05) is 30.3 Å². The van der Waals surface area contributed by atoms with Crippen molar-refractivity contribution < 1.29 is 9.53 Å².